The Hall–Kier alpha value is -4.32. The summed E-state index contributed by atoms with van der Waals surface area (Å²) < 4.78 is 6.41. The molecule has 11 heteroatoms. The molecule has 0 unspecified atom stereocenters. The molecule has 2 saturated heterocycles. The van der Waals surface area contributed by atoms with Crippen LogP contribution in [0, 0.1) is 5.41 Å². The molecule has 41 heavy (non-hydrogen) atoms. The molecule has 0 atom stereocenters. The first kappa shape index (κ1) is 25.6. The molecule has 0 aliphatic carbocycles. The summed E-state index contributed by atoms with van der Waals surface area (Å²) in [5.41, 5.74) is 7.69. The monoisotopic (exact) mass is 567 g/mol. The van der Waals surface area contributed by atoms with Gasteiger partial charge in [0, 0.05) is 30.6 Å². The average Bonchev–Trinajstić information content (AvgIpc) is 3.60. The SMILES string of the molecule is C=CCONc1ccc(CCNC(=O)c2cc3nc(-c4cccc5[nH]ncc45)nc(N4CC5(COC5)C4)c3s2)cc1. The van der Waals surface area contributed by atoms with Gasteiger partial charge >= 0.3 is 0 Å². The van der Waals surface area contributed by atoms with Gasteiger partial charge < -0.3 is 15.0 Å². The fourth-order valence-corrected chi connectivity index (χ4v) is 6.37. The summed E-state index contributed by atoms with van der Waals surface area (Å²) in [5, 5.41) is 11.3. The second kappa shape index (κ2) is 10.6. The molecule has 5 heterocycles. The molecule has 0 bridgehead atoms. The molecular weight excluding hydrogens is 538 g/mol. The zero-order valence-corrected chi connectivity index (χ0v) is 23.2. The molecular formula is C30H29N7O3S. The first-order valence-corrected chi connectivity index (χ1v) is 14.4. The third-order valence-electron chi connectivity index (χ3n) is 7.52. The van der Waals surface area contributed by atoms with Gasteiger partial charge in [0.25, 0.3) is 5.91 Å². The van der Waals surface area contributed by atoms with Gasteiger partial charge in [-0.25, -0.2) is 9.97 Å². The standard InChI is InChI=1S/C30H29N7O3S/c1-2-12-40-36-20-8-6-19(7-9-20)10-11-31-29(38)25-13-24-26(41-25)28(37-15-30(16-37)17-39-18-30)34-27(33-24)21-4-3-5-23-22(21)14-32-35-23/h2-9,13-14,36H,1,10-12,15-18H2,(H,31,38)(H,32,35). The van der Waals surface area contributed by atoms with Crippen molar-refractivity contribution in [3.05, 3.63) is 77.8 Å². The second-order valence-corrected chi connectivity index (χ2v) is 11.6. The highest BCUT2D eigenvalue weighted by molar-refractivity contribution is 7.21. The zero-order valence-electron chi connectivity index (χ0n) is 22.4. The third-order valence-corrected chi connectivity index (χ3v) is 8.64. The fourth-order valence-electron chi connectivity index (χ4n) is 5.34. The van der Waals surface area contributed by atoms with Crippen molar-refractivity contribution >= 4 is 49.9 Å². The van der Waals surface area contributed by atoms with Crippen LogP contribution in [0.5, 0.6) is 0 Å². The van der Waals surface area contributed by atoms with Gasteiger partial charge in [0.1, 0.15) is 0 Å². The first-order valence-electron chi connectivity index (χ1n) is 13.5. The summed E-state index contributed by atoms with van der Waals surface area (Å²) >= 11 is 1.44. The Balaban J connectivity index is 1.11. The minimum absolute atomic E-state index is 0.110. The Labute approximate surface area is 240 Å². The summed E-state index contributed by atoms with van der Waals surface area (Å²) in [6.07, 6.45) is 4.20. The maximum atomic E-state index is 13.2. The maximum Gasteiger partial charge on any atom is 0.261 e. The smallest absolute Gasteiger partial charge is 0.261 e. The van der Waals surface area contributed by atoms with Gasteiger partial charge in [0.05, 0.1) is 57.7 Å². The van der Waals surface area contributed by atoms with Gasteiger partial charge in [-0.05, 0) is 36.2 Å². The second-order valence-electron chi connectivity index (χ2n) is 10.6. The van der Waals surface area contributed by atoms with E-state index in [0.29, 0.717) is 30.3 Å². The highest BCUT2D eigenvalue weighted by Crippen LogP contribution is 2.44. The van der Waals surface area contributed by atoms with Crippen LogP contribution < -0.4 is 15.7 Å². The number of H-pyrrole nitrogens is 1. The number of thiophene rings is 1. The van der Waals surface area contributed by atoms with Crippen molar-refractivity contribution in [1.29, 1.82) is 0 Å². The lowest BCUT2D eigenvalue weighted by Crippen LogP contribution is -2.66. The highest BCUT2D eigenvalue weighted by atomic mass is 32.1. The zero-order chi connectivity index (χ0) is 27.8. The number of hydrogen-bond donors (Lipinski definition) is 3. The number of hydrogen-bond acceptors (Lipinski definition) is 9. The molecule has 0 saturated carbocycles. The quantitative estimate of drug-likeness (QED) is 0.128. The largest absolute Gasteiger partial charge is 0.380 e. The van der Waals surface area contributed by atoms with Crippen molar-refractivity contribution in [3.8, 4) is 11.4 Å². The van der Waals surface area contributed by atoms with Gasteiger partial charge in [-0.15, -0.1) is 17.9 Å². The van der Waals surface area contributed by atoms with E-state index in [0.717, 1.165) is 70.1 Å². The predicted molar refractivity (Wildman–Crippen MR) is 160 cm³/mol. The molecule has 2 aliphatic rings. The molecule has 2 fully saturated rings. The van der Waals surface area contributed by atoms with Gasteiger partial charge in [-0.1, -0.05) is 30.3 Å². The lowest BCUT2D eigenvalue weighted by molar-refractivity contribution is -0.127. The number of nitrogens with zero attached hydrogens (tertiary/aromatic N) is 4. The van der Waals surface area contributed by atoms with Crippen LogP contribution in [0.3, 0.4) is 0 Å². The fraction of sp³-hybridized carbons (Fsp3) is 0.267. The molecule has 1 amide bonds. The van der Waals surface area contributed by atoms with Crippen LogP contribution in [-0.2, 0) is 16.0 Å². The minimum Gasteiger partial charge on any atom is -0.380 e. The Morgan fingerprint density at radius 2 is 2.05 bits per heavy atom. The van der Waals surface area contributed by atoms with E-state index in [2.05, 4.69) is 32.5 Å². The van der Waals surface area contributed by atoms with E-state index in [1.54, 1.807) is 12.3 Å². The summed E-state index contributed by atoms with van der Waals surface area (Å²) in [5.74, 6) is 1.39. The van der Waals surface area contributed by atoms with Crippen LogP contribution in [0.15, 0.2) is 67.4 Å². The van der Waals surface area contributed by atoms with Crippen molar-refractivity contribution in [2.24, 2.45) is 5.41 Å². The van der Waals surface area contributed by atoms with Gasteiger partial charge in [-0.2, -0.15) is 5.10 Å². The average molecular weight is 568 g/mol. The van der Waals surface area contributed by atoms with Crippen LogP contribution in [-0.4, -0.2) is 65.5 Å². The Kier molecular flexibility index (Phi) is 6.62. The number of nitrogens with one attached hydrogen (secondary N) is 3. The van der Waals surface area contributed by atoms with Gasteiger partial charge in [-0.3, -0.25) is 20.2 Å². The molecule has 3 aromatic heterocycles. The summed E-state index contributed by atoms with van der Waals surface area (Å²) in [6, 6.07) is 15.8. The normalized spacial score (nSPS) is 15.6. The predicted octanol–water partition coefficient (Wildman–Crippen LogP) is 4.57. The van der Waals surface area contributed by atoms with Crippen LogP contribution in [0.2, 0.25) is 0 Å². The van der Waals surface area contributed by atoms with Crippen LogP contribution in [0.4, 0.5) is 11.5 Å². The summed E-state index contributed by atoms with van der Waals surface area (Å²) in [4.78, 5) is 31.3. The summed E-state index contributed by atoms with van der Waals surface area (Å²) in [7, 11) is 0. The van der Waals surface area contributed by atoms with E-state index in [1.807, 2.05) is 48.5 Å². The summed E-state index contributed by atoms with van der Waals surface area (Å²) in [6.45, 7) is 7.94. The number of carbonyl (C=O) groups is 1. The van der Waals surface area contributed by atoms with Crippen molar-refractivity contribution < 1.29 is 14.4 Å². The molecule has 10 nitrogen and oxygen atoms in total. The van der Waals surface area contributed by atoms with Crippen molar-refractivity contribution in [2.45, 2.75) is 6.42 Å². The minimum atomic E-state index is -0.110. The molecule has 2 aliphatic heterocycles. The molecule has 1 spiro atoms. The van der Waals surface area contributed by atoms with Crippen molar-refractivity contribution in [1.82, 2.24) is 25.5 Å². The Bertz CT molecular complexity index is 1730. The number of rotatable bonds is 10. The van der Waals surface area contributed by atoms with Crippen LogP contribution in [0.1, 0.15) is 15.2 Å². The van der Waals surface area contributed by atoms with Gasteiger partial charge in [0.15, 0.2) is 11.6 Å². The van der Waals surface area contributed by atoms with Gasteiger partial charge in [0.2, 0.25) is 0 Å². The molecule has 5 aromatic rings. The van der Waals surface area contributed by atoms with Crippen molar-refractivity contribution in [3.63, 3.8) is 0 Å². The number of aromatic amines is 1. The number of ether oxygens (including phenoxy) is 1. The maximum absolute atomic E-state index is 13.2. The van der Waals surface area contributed by atoms with E-state index < -0.39 is 0 Å². The van der Waals surface area contributed by atoms with Crippen LogP contribution >= 0.6 is 11.3 Å². The molecule has 0 radical (unpaired) electrons. The van der Waals surface area contributed by atoms with Crippen molar-refractivity contribution in [2.75, 3.05) is 49.8 Å². The number of amides is 1. The number of aromatic nitrogens is 4. The van der Waals surface area contributed by atoms with E-state index in [1.165, 1.54) is 11.3 Å². The van der Waals surface area contributed by atoms with E-state index >= 15 is 0 Å². The Morgan fingerprint density at radius 1 is 1.20 bits per heavy atom. The number of carbonyl (C=O) groups excluding carboxylic acids is 1. The number of fused-ring (bicyclic) bond motifs is 2. The molecule has 208 valence electrons. The number of benzene rings is 2. The van der Waals surface area contributed by atoms with E-state index in [9.17, 15) is 4.79 Å². The highest BCUT2D eigenvalue weighted by Gasteiger charge is 2.50. The molecule has 3 N–H and O–H groups in total. The lowest BCUT2D eigenvalue weighted by Gasteiger charge is -2.55. The topological polar surface area (TPSA) is 117 Å². The Morgan fingerprint density at radius 3 is 2.83 bits per heavy atom. The van der Waals surface area contributed by atoms with Crippen LogP contribution in [0.25, 0.3) is 32.5 Å². The van der Waals surface area contributed by atoms with E-state index in [-0.39, 0.29) is 11.3 Å². The first-order chi connectivity index (χ1) is 20.1. The van der Waals surface area contributed by atoms with E-state index in [4.69, 9.17) is 19.5 Å². The lowest BCUT2D eigenvalue weighted by atomic mass is 9.78. The number of anilines is 2. The molecule has 2 aromatic carbocycles. The molecule has 7 rings (SSSR count). The third kappa shape index (κ3) is 4.92.